The van der Waals surface area contributed by atoms with Crippen LogP contribution in [0.15, 0.2) is 33.9 Å². The van der Waals surface area contributed by atoms with Crippen molar-refractivity contribution >= 4 is 11.6 Å². The fourth-order valence-electron chi connectivity index (χ4n) is 4.52. The Morgan fingerprint density at radius 2 is 2.00 bits per heavy atom. The molecule has 1 aliphatic rings. The molecule has 1 saturated heterocycles. The molecular formula is C26H38N8O. The Hall–Kier alpha value is -3.36. The van der Waals surface area contributed by atoms with Crippen LogP contribution < -0.4 is 11.1 Å². The van der Waals surface area contributed by atoms with Crippen LogP contribution in [0.1, 0.15) is 68.0 Å². The highest BCUT2D eigenvalue weighted by Gasteiger charge is 2.30. The van der Waals surface area contributed by atoms with Gasteiger partial charge in [-0.2, -0.15) is 0 Å². The van der Waals surface area contributed by atoms with E-state index in [1.807, 2.05) is 13.4 Å². The maximum atomic E-state index is 6.29. The van der Waals surface area contributed by atoms with Crippen molar-refractivity contribution in [3.63, 3.8) is 0 Å². The average Bonchev–Trinajstić information content (AvgIpc) is 3.34. The lowest BCUT2D eigenvalue weighted by atomic mass is 9.86. The first-order valence-electron chi connectivity index (χ1n) is 12.2. The van der Waals surface area contributed by atoms with E-state index in [1.165, 1.54) is 11.1 Å². The molecule has 0 radical (unpaired) electrons. The molecule has 4 rings (SSSR count). The lowest BCUT2D eigenvalue weighted by molar-refractivity contribution is 0.175. The Morgan fingerprint density at radius 3 is 2.66 bits per heavy atom. The van der Waals surface area contributed by atoms with E-state index in [9.17, 15) is 0 Å². The van der Waals surface area contributed by atoms with Crippen LogP contribution in [-0.2, 0) is 25.4 Å². The number of nitrogens with two attached hydrogens (primary N) is 1. The highest BCUT2D eigenvalue weighted by Crippen LogP contribution is 2.30. The minimum atomic E-state index is 0.0640. The van der Waals surface area contributed by atoms with Gasteiger partial charge in [0.1, 0.15) is 0 Å². The molecule has 0 saturated carbocycles. The lowest BCUT2D eigenvalue weighted by Gasteiger charge is -2.39. The van der Waals surface area contributed by atoms with Gasteiger partial charge in [0, 0.05) is 45.1 Å². The van der Waals surface area contributed by atoms with Gasteiger partial charge in [-0.05, 0) is 36.5 Å². The van der Waals surface area contributed by atoms with Crippen LogP contribution in [0, 0.1) is 19.8 Å². The third kappa shape index (κ3) is 5.66. The molecular weight excluding hydrogens is 440 g/mol. The van der Waals surface area contributed by atoms with Gasteiger partial charge in [-0.1, -0.05) is 32.9 Å². The number of likely N-dealkylation sites (tertiary alicyclic amines) is 1. The zero-order valence-electron chi connectivity index (χ0n) is 22.0. The highest BCUT2D eigenvalue weighted by molar-refractivity contribution is 5.78. The predicted octanol–water partition coefficient (Wildman–Crippen LogP) is 3.88. The van der Waals surface area contributed by atoms with E-state index in [0.29, 0.717) is 30.2 Å². The zero-order valence-corrected chi connectivity index (χ0v) is 22.0. The SMILES string of the molecule is Cc1nnc(CC2CN(C(N)=NCc3ncn(C)c3C(C)Nc3cc(C(C)(C)C)ccc3C)C2)o1. The van der Waals surface area contributed by atoms with Crippen LogP contribution in [0.25, 0.3) is 0 Å². The third-order valence-corrected chi connectivity index (χ3v) is 6.65. The Kier molecular flexibility index (Phi) is 6.87. The number of nitrogens with one attached hydrogen (secondary N) is 1. The molecule has 3 heterocycles. The minimum absolute atomic E-state index is 0.0640. The largest absolute Gasteiger partial charge is 0.426 e. The van der Waals surface area contributed by atoms with Crippen molar-refractivity contribution in [3.05, 3.63) is 58.8 Å². The summed E-state index contributed by atoms with van der Waals surface area (Å²) in [6, 6.07) is 6.72. The second-order valence-electron chi connectivity index (χ2n) is 10.7. The number of hydrogen-bond acceptors (Lipinski definition) is 6. The standard InChI is InChI=1S/C26H38N8O/c1-16-8-9-20(26(4,5)6)11-21(16)30-17(2)24-22(29-15-33(24)7)12-28-25(27)34-13-19(14-34)10-23-32-31-18(3)35-23/h8-9,11,15,17,19,30H,10,12-14H2,1-7H3,(H2,27,28). The van der Waals surface area contributed by atoms with Gasteiger partial charge in [0.15, 0.2) is 5.96 Å². The van der Waals surface area contributed by atoms with Gasteiger partial charge in [0.05, 0.1) is 30.3 Å². The van der Waals surface area contributed by atoms with Crippen LogP contribution >= 0.6 is 0 Å². The summed E-state index contributed by atoms with van der Waals surface area (Å²) in [6.45, 7) is 14.9. The summed E-state index contributed by atoms with van der Waals surface area (Å²) in [5, 5.41) is 11.7. The minimum Gasteiger partial charge on any atom is -0.426 e. The maximum Gasteiger partial charge on any atom is 0.216 e. The van der Waals surface area contributed by atoms with Gasteiger partial charge in [-0.3, -0.25) is 0 Å². The van der Waals surface area contributed by atoms with Gasteiger partial charge in [-0.15, -0.1) is 10.2 Å². The summed E-state index contributed by atoms with van der Waals surface area (Å²) in [7, 11) is 2.02. The molecule has 35 heavy (non-hydrogen) atoms. The van der Waals surface area contributed by atoms with Crippen molar-refractivity contribution in [2.75, 3.05) is 18.4 Å². The highest BCUT2D eigenvalue weighted by atomic mass is 16.4. The summed E-state index contributed by atoms with van der Waals surface area (Å²) in [5.41, 5.74) is 12.1. The monoisotopic (exact) mass is 478 g/mol. The van der Waals surface area contributed by atoms with Crippen LogP contribution in [0.2, 0.25) is 0 Å². The molecule has 1 aromatic carbocycles. The molecule has 0 spiro atoms. The molecule has 1 unspecified atom stereocenters. The number of nitrogens with zero attached hydrogens (tertiary/aromatic N) is 6. The lowest BCUT2D eigenvalue weighted by Crippen LogP contribution is -2.53. The second kappa shape index (κ2) is 9.71. The number of aliphatic imine (C=N–C) groups is 1. The van der Waals surface area contributed by atoms with Crippen molar-refractivity contribution in [1.82, 2.24) is 24.6 Å². The van der Waals surface area contributed by atoms with Crippen LogP contribution in [0.3, 0.4) is 0 Å². The molecule has 0 aliphatic carbocycles. The van der Waals surface area contributed by atoms with E-state index >= 15 is 0 Å². The molecule has 2 aromatic heterocycles. The molecule has 188 valence electrons. The van der Waals surface area contributed by atoms with E-state index in [4.69, 9.17) is 10.2 Å². The molecule has 9 heteroatoms. The third-order valence-electron chi connectivity index (χ3n) is 6.65. The van der Waals surface area contributed by atoms with Gasteiger partial charge in [-0.25, -0.2) is 9.98 Å². The van der Waals surface area contributed by atoms with Crippen molar-refractivity contribution in [1.29, 1.82) is 0 Å². The van der Waals surface area contributed by atoms with Crippen molar-refractivity contribution < 1.29 is 4.42 Å². The summed E-state index contributed by atoms with van der Waals surface area (Å²) in [4.78, 5) is 11.4. The second-order valence-corrected chi connectivity index (χ2v) is 10.7. The fourth-order valence-corrected chi connectivity index (χ4v) is 4.52. The Bertz CT molecular complexity index is 1200. The summed E-state index contributed by atoms with van der Waals surface area (Å²) < 4.78 is 7.55. The molecule has 3 aromatic rings. The topological polar surface area (TPSA) is 110 Å². The number of anilines is 1. The van der Waals surface area contributed by atoms with Crippen LogP contribution in [0.5, 0.6) is 0 Å². The maximum absolute atomic E-state index is 6.29. The number of aromatic nitrogens is 4. The van der Waals surface area contributed by atoms with E-state index in [-0.39, 0.29) is 11.5 Å². The smallest absolute Gasteiger partial charge is 0.216 e. The summed E-state index contributed by atoms with van der Waals surface area (Å²) in [5.74, 6) is 2.29. The Balaban J connectivity index is 1.39. The number of hydrogen-bond donors (Lipinski definition) is 2. The quantitative estimate of drug-likeness (QED) is 0.392. The van der Waals surface area contributed by atoms with Crippen molar-refractivity contribution in [3.8, 4) is 0 Å². The molecule has 9 nitrogen and oxygen atoms in total. The molecule has 3 N–H and O–H groups in total. The van der Waals surface area contributed by atoms with Crippen molar-refractivity contribution in [2.45, 2.75) is 66.0 Å². The molecule has 1 aliphatic heterocycles. The first kappa shape index (κ1) is 24.8. The van der Waals surface area contributed by atoms with Crippen LogP contribution in [-0.4, -0.2) is 43.7 Å². The number of rotatable bonds is 7. The first-order chi connectivity index (χ1) is 16.5. The molecule has 1 fully saturated rings. The zero-order chi connectivity index (χ0) is 25.3. The van der Waals surface area contributed by atoms with Gasteiger partial charge in [0.2, 0.25) is 11.8 Å². The van der Waals surface area contributed by atoms with E-state index < -0.39 is 0 Å². The number of imidazole rings is 1. The van der Waals surface area contributed by atoms with Crippen LogP contribution in [0.4, 0.5) is 5.69 Å². The molecule has 0 bridgehead atoms. The number of benzene rings is 1. The Labute approximate surface area is 207 Å². The van der Waals surface area contributed by atoms with E-state index in [0.717, 1.165) is 36.6 Å². The van der Waals surface area contributed by atoms with Gasteiger partial charge in [0.25, 0.3) is 0 Å². The predicted molar refractivity (Wildman–Crippen MR) is 138 cm³/mol. The van der Waals surface area contributed by atoms with E-state index in [1.54, 1.807) is 6.92 Å². The molecule has 1 atom stereocenters. The van der Waals surface area contributed by atoms with E-state index in [2.05, 4.69) is 87.8 Å². The van der Waals surface area contributed by atoms with Gasteiger partial charge >= 0.3 is 0 Å². The number of guanidine groups is 1. The van der Waals surface area contributed by atoms with Crippen molar-refractivity contribution in [2.24, 2.45) is 23.7 Å². The normalized spacial score (nSPS) is 15.9. The first-order valence-corrected chi connectivity index (χ1v) is 12.2. The number of aryl methyl sites for hydroxylation is 3. The van der Waals surface area contributed by atoms with Gasteiger partial charge < -0.3 is 24.9 Å². The average molecular weight is 479 g/mol. The Morgan fingerprint density at radius 1 is 1.26 bits per heavy atom. The molecule has 0 amide bonds. The summed E-state index contributed by atoms with van der Waals surface area (Å²) in [6.07, 6.45) is 2.62. The fraction of sp³-hybridized carbons (Fsp3) is 0.538. The summed E-state index contributed by atoms with van der Waals surface area (Å²) >= 11 is 0.